The number of nitrogens with zero attached hydrogens (tertiary/aromatic N) is 2. The van der Waals surface area contributed by atoms with E-state index in [1.54, 1.807) is 0 Å². The molecule has 0 bridgehead atoms. The third-order valence-electron chi connectivity index (χ3n) is 3.10. The lowest BCUT2D eigenvalue weighted by molar-refractivity contribution is 0.799. The quantitative estimate of drug-likeness (QED) is 0.827. The normalized spacial score (nSPS) is 23.2. The lowest BCUT2D eigenvalue weighted by Crippen LogP contribution is -2.05. The highest BCUT2D eigenvalue weighted by molar-refractivity contribution is 5.37. The second-order valence-electron chi connectivity index (χ2n) is 4.70. The van der Waals surface area contributed by atoms with E-state index in [4.69, 9.17) is 0 Å². The summed E-state index contributed by atoms with van der Waals surface area (Å²) in [7, 11) is 0. The Bertz CT molecular complexity index is 338. The molecule has 1 aromatic rings. The molecule has 1 fully saturated rings. The smallest absolute Gasteiger partial charge is 0.134 e. The summed E-state index contributed by atoms with van der Waals surface area (Å²) in [4.78, 5) is 9.26. The minimum atomic E-state index is 0.606. The van der Waals surface area contributed by atoms with E-state index in [0.29, 0.717) is 5.92 Å². The van der Waals surface area contributed by atoms with Gasteiger partial charge in [0, 0.05) is 24.2 Å². The Hall–Kier alpha value is -1.12. The van der Waals surface area contributed by atoms with Crippen molar-refractivity contribution in [2.75, 3.05) is 11.9 Å². The molecule has 16 heavy (non-hydrogen) atoms. The molecule has 1 aromatic heterocycles. The number of hydrogen-bond acceptors (Lipinski definition) is 3. The number of aryl methyl sites for hydroxylation is 1. The van der Waals surface area contributed by atoms with Gasteiger partial charge in [-0.05, 0) is 25.7 Å². The molecule has 0 saturated heterocycles. The maximum atomic E-state index is 4.67. The van der Waals surface area contributed by atoms with Crippen molar-refractivity contribution < 1.29 is 0 Å². The molecular weight excluding hydrogens is 198 g/mol. The van der Waals surface area contributed by atoms with Gasteiger partial charge in [-0.15, -0.1) is 0 Å². The zero-order valence-corrected chi connectivity index (χ0v) is 10.5. The molecule has 2 unspecified atom stereocenters. The molecule has 0 spiro atoms. The predicted octanol–water partition coefficient (Wildman–Crippen LogP) is 2.98. The number of hydrogen-bond donors (Lipinski definition) is 1. The van der Waals surface area contributed by atoms with Gasteiger partial charge in [0.2, 0.25) is 0 Å². The third kappa shape index (κ3) is 2.52. The van der Waals surface area contributed by atoms with Gasteiger partial charge >= 0.3 is 0 Å². The molecule has 1 heterocycles. The summed E-state index contributed by atoms with van der Waals surface area (Å²) in [6, 6.07) is 2.09. The molecule has 0 amide bonds. The summed E-state index contributed by atoms with van der Waals surface area (Å²) in [5.74, 6) is 3.42. The topological polar surface area (TPSA) is 37.8 Å². The van der Waals surface area contributed by atoms with Gasteiger partial charge in [-0.1, -0.05) is 20.3 Å². The van der Waals surface area contributed by atoms with Crippen molar-refractivity contribution in [2.45, 2.75) is 46.0 Å². The summed E-state index contributed by atoms with van der Waals surface area (Å²) in [5, 5.41) is 3.29. The molecule has 1 saturated carbocycles. The summed E-state index contributed by atoms with van der Waals surface area (Å²) in [6.07, 6.45) is 3.44. The Morgan fingerprint density at radius 2 is 2.12 bits per heavy atom. The standard InChI is InChI=1S/C13H21N3/c1-4-6-10-8-12(14-5-2)16-13(15-10)11-7-9(11)3/h8-9,11H,4-7H2,1-3H3,(H,14,15,16). The number of anilines is 1. The monoisotopic (exact) mass is 219 g/mol. The fraction of sp³-hybridized carbons (Fsp3) is 0.692. The first-order valence-electron chi connectivity index (χ1n) is 6.36. The van der Waals surface area contributed by atoms with E-state index in [9.17, 15) is 0 Å². The zero-order chi connectivity index (χ0) is 11.5. The maximum absolute atomic E-state index is 4.67. The Balaban J connectivity index is 2.22. The van der Waals surface area contributed by atoms with Crippen LogP contribution in [0.15, 0.2) is 6.07 Å². The van der Waals surface area contributed by atoms with Crippen molar-refractivity contribution in [3.8, 4) is 0 Å². The van der Waals surface area contributed by atoms with Crippen LogP contribution in [0.3, 0.4) is 0 Å². The average Bonchev–Trinajstić information content (AvgIpc) is 2.96. The van der Waals surface area contributed by atoms with E-state index in [2.05, 4.69) is 42.1 Å². The van der Waals surface area contributed by atoms with Gasteiger partial charge in [0.1, 0.15) is 11.6 Å². The Kier molecular flexibility index (Phi) is 3.42. The van der Waals surface area contributed by atoms with Gasteiger partial charge in [-0.3, -0.25) is 0 Å². The highest BCUT2D eigenvalue weighted by Crippen LogP contribution is 2.45. The van der Waals surface area contributed by atoms with Crippen LogP contribution in [0, 0.1) is 5.92 Å². The van der Waals surface area contributed by atoms with Crippen LogP contribution in [0.25, 0.3) is 0 Å². The van der Waals surface area contributed by atoms with Crippen LogP contribution < -0.4 is 5.32 Å². The van der Waals surface area contributed by atoms with Crippen LogP contribution in [0.4, 0.5) is 5.82 Å². The first-order valence-corrected chi connectivity index (χ1v) is 6.36. The molecule has 1 aliphatic rings. The van der Waals surface area contributed by atoms with Crippen LogP contribution in [0.1, 0.15) is 51.0 Å². The van der Waals surface area contributed by atoms with E-state index in [-0.39, 0.29) is 0 Å². The second kappa shape index (κ2) is 4.81. The fourth-order valence-electron chi connectivity index (χ4n) is 2.02. The molecule has 3 heteroatoms. The molecular formula is C13H21N3. The van der Waals surface area contributed by atoms with E-state index in [1.165, 1.54) is 12.1 Å². The minimum absolute atomic E-state index is 0.606. The largest absolute Gasteiger partial charge is 0.370 e. The maximum Gasteiger partial charge on any atom is 0.134 e. The van der Waals surface area contributed by atoms with Gasteiger partial charge in [-0.2, -0.15) is 0 Å². The molecule has 0 aliphatic heterocycles. The van der Waals surface area contributed by atoms with Gasteiger partial charge in [0.05, 0.1) is 0 Å². The van der Waals surface area contributed by atoms with E-state index in [1.807, 2.05) is 0 Å². The minimum Gasteiger partial charge on any atom is -0.370 e. The number of aromatic nitrogens is 2. The number of rotatable bonds is 5. The van der Waals surface area contributed by atoms with Gasteiger partial charge in [0.15, 0.2) is 0 Å². The van der Waals surface area contributed by atoms with Crippen molar-refractivity contribution in [2.24, 2.45) is 5.92 Å². The molecule has 2 atom stereocenters. The van der Waals surface area contributed by atoms with Crippen LogP contribution in [0.5, 0.6) is 0 Å². The summed E-state index contributed by atoms with van der Waals surface area (Å²) < 4.78 is 0. The van der Waals surface area contributed by atoms with Crippen molar-refractivity contribution in [1.82, 2.24) is 9.97 Å². The third-order valence-corrected chi connectivity index (χ3v) is 3.10. The van der Waals surface area contributed by atoms with Crippen LogP contribution in [-0.2, 0) is 6.42 Å². The highest BCUT2D eigenvalue weighted by Gasteiger charge is 2.36. The van der Waals surface area contributed by atoms with Gasteiger partial charge in [0.25, 0.3) is 0 Å². The predicted molar refractivity (Wildman–Crippen MR) is 66.7 cm³/mol. The number of nitrogens with one attached hydrogen (secondary N) is 1. The average molecular weight is 219 g/mol. The van der Waals surface area contributed by atoms with E-state index >= 15 is 0 Å². The van der Waals surface area contributed by atoms with Crippen LogP contribution in [-0.4, -0.2) is 16.5 Å². The van der Waals surface area contributed by atoms with Crippen molar-refractivity contribution in [3.63, 3.8) is 0 Å². The molecule has 1 aliphatic carbocycles. The summed E-state index contributed by atoms with van der Waals surface area (Å²) in [6.45, 7) is 7.48. The van der Waals surface area contributed by atoms with E-state index in [0.717, 1.165) is 36.9 Å². The molecule has 0 radical (unpaired) electrons. The van der Waals surface area contributed by atoms with Crippen molar-refractivity contribution in [1.29, 1.82) is 0 Å². The zero-order valence-electron chi connectivity index (χ0n) is 10.5. The highest BCUT2D eigenvalue weighted by atomic mass is 15.0. The molecule has 88 valence electrons. The Morgan fingerprint density at radius 3 is 2.69 bits per heavy atom. The van der Waals surface area contributed by atoms with Crippen molar-refractivity contribution in [3.05, 3.63) is 17.6 Å². The lowest BCUT2D eigenvalue weighted by atomic mass is 10.2. The van der Waals surface area contributed by atoms with Gasteiger partial charge < -0.3 is 5.32 Å². The Morgan fingerprint density at radius 1 is 1.38 bits per heavy atom. The first-order chi connectivity index (χ1) is 7.74. The summed E-state index contributed by atoms with van der Waals surface area (Å²) in [5.41, 5.74) is 1.18. The van der Waals surface area contributed by atoms with E-state index < -0.39 is 0 Å². The first kappa shape index (κ1) is 11.4. The van der Waals surface area contributed by atoms with Gasteiger partial charge in [-0.25, -0.2) is 9.97 Å². The molecule has 3 nitrogen and oxygen atoms in total. The van der Waals surface area contributed by atoms with Crippen molar-refractivity contribution >= 4 is 5.82 Å². The molecule has 0 aromatic carbocycles. The molecule has 1 N–H and O–H groups in total. The second-order valence-corrected chi connectivity index (χ2v) is 4.70. The van der Waals surface area contributed by atoms with Crippen LogP contribution in [0.2, 0.25) is 0 Å². The SMILES string of the molecule is CCCc1cc(NCC)nc(C2CC2C)n1. The fourth-order valence-corrected chi connectivity index (χ4v) is 2.02. The molecule has 2 rings (SSSR count). The van der Waals surface area contributed by atoms with Crippen LogP contribution >= 0.6 is 0 Å². The Labute approximate surface area is 97.7 Å². The lowest BCUT2D eigenvalue weighted by Gasteiger charge is -2.08. The summed E-state index contributed by atoms with van der Waals surface area (Å²) >= 11 is 0.